The summed E-state index contributed by atoms with van der Waals surface area (Å²) in [4.78, 5) is 11.9. The molecule has 0 atom stereocenters. The van der Waals surface area contributed by atoms with Gasteiger partial charge in [0.05, 0.1) is 16.9 Å². The number of hydrogen-bond donors (Lipinski definition) is 1. The van der Waals surface area contributed by atoms with Gasteiger partial charge in [-0.15, -0.1) is 0 Å². The molecule has 2 aromatic rings. The minimum Gasteiger partial charge on any atom is -0.424 e. The molecule has 0 aliphatic carbocycles. The largest absolute Gasteiger partial charge is 0.424 e. The fourth-order valence-corrected chi connectivity index (χ4v) is 2.34. The van der Waals surface area contributed by atoms with Crippen LogP contribution in [0, 0.1) is 18.7 Å². The number of carbonyl (C=O) groups excluding carboxylic acids is 1. The Hall–Kier alpha value is -2.57. The number of anilines is 2. The summed E-state index contributed by atoms with van der Waals surface area (Å²) in [5.74, 6) is -1.46. The van der Waals surface area contributed by atoms with Crippen LogP contribution < -0.4 is 10.1 Å². The third kappa shape index (κ3) is 4.97. The van der Waals surface area contributed by atoms with Crippen molar-refractivity contribution in [3.05, 3.63) is 53.3 Å². The molecule has 26 heavy (non-hydrogen) atoms. The van der Waals surface area contributed by atoms with E-state index in [1.165, 1.54) is 12.1 Å². The van der Waals surface area contributed by atoms with E-state index in [-0.39, 0.29) is 23.8 Å². The zero-order chi connectivity index (χ0) is 19.5. The van der Waals surface area contributed by atoms with Crippen LogP contribution in [0.15, 0.2) is 36.4 Å². The molecule has 3 nitrogen and oxygen atoms in total. The first-order chi connectivity index (χ1) is 12.1. The second-order valence-corrected chi connectivity index (χ2v) is 6.36. The van der Waals surface area contributed by atoms with E-state index in [2.05, 4.69) is 5.32 Å². The van der Waals surface area contributed by atoms with E-state index < -0.39 is 29.2 Å². The number of para-hydroxylation sites is 1. The van der Waals surface area contributed by atoms with Crippen molar-refractivity contribution in [3.63, 3.8) is 0 Å². The van der Waals surface area contributed by atoms with Gasteiger partial charge in [0, 0.05) is 6.42 Å². The predicted octanol–water partition coefficient (Wildman–Crippen LogP) is 5.85. The molecule has 0 amide bonds. The Bertz CT molecular complexity index is 801. The van der Waals surface area contributed by atoms with Gasteiger partial charge < -0.3 is 10.1 Å². The molecule has 2 rings (SSSR count). The average molecular weight is 369 g/mol. The summed E-state index contributed by atoms with van der Waals surface area (Å²) >= 11 is 0. The number of halogens is 4. The van der Waals surface area contributed by atoms with E-state index in [1.54, 1.807) is 13.0 Å². The summed E-state index contributed by atoms with van der Waals surface area (Å²) in [7, 11) is 0. The topological polar surface area (TPSA) is 38.3 Å². The fourth-order valence-electron chi connectivity index (χ4n) is 2.34. The molecule has 0 spiro atoms. The Morgan fingerprint density at radius 1 is 1.19 bits per heavy atom. The monoisotopic (exact) mass is 369 g/mol. The van der Waals surface area contributed by atoms with Crippen LogP contribution >= 0.6 is 0 Å². The summed E-state index contributed by atoms with van der Waals surface area (Å²) < 4.78 is 58.8. The van der Waals surface area contributed by atoms with Crippen molar-refractivity contribution in [3.8, 4) is 5.75 Å². The quantitative estimate of drug-likeness (QED) is 0.408. The van der Waals surface area contributed by atoms with Crippen LogP contribution in [-0.2, 0) is 11.0 Å². The maximum Gasteiger partial charge on any atom is 0.418 e. The van der Waals surface area contributed by atoms with Crippen LogP contribution in [0.2, 0.25) is 0 Å². The smallest absolute Gasteiger partial charge is 0.418 e. The standard InChI is InChI=1S/C19H19F4NO2/c1-11(2)9-17(25)26-16-10-12(3)7-8-15(16)24-18-13(19(21,22)23)5-4-6-14(18)20/h4-8,10-11,24H,9H2,1-3H3. The Labute approximate surface area is 149 Å². The first-order valence-corrected chi connectivity index (χ1v) is 8.02. The third-order valence-corrected chi connectivity index (χ3v) is 3.51. The van der Waals surface area contributed by atoms with Gasteiger partial charge in [0.25, 0.3) is 0 Å². The van der Waals surface area contributed by atoms with Crippen molar-refractivity contribution in [2.24, 2.45) is 5.92 Å². The summed E-state index contributed by atoms with van der Waals surface area (Å²) in [5.41, 5.74) is -1.04. The predicted molar refractivity (Wildman–Crippen MR) is 91.0 cm³/mol. The van der Waals surface area contributed by atoms with Gasteiger partial charge in [-0.25, -0.2) is 4.39 Å². The molecule has 0 saturated carbocycles. The number of ether oxygens (including phenoxy) is 1. The van der Waals surface area contributed by atoms with Gasteiger partial charge in [-0.1, -0.05) is 26.0 Å². The first-order valence-electron chi connectivity index (χ1n) is 8.02. The summed E-state index contributed by atoms with van der Waals surface area (Å²) in [6.45, 7) is 5.42. The molecular formula is C19H19F4NO2. The summed E-state index contributed by atoms with van der Waals surface area (Å²) in [5, 5.41) is 2.43. The lowest BCUT2D eigenvalue weighted by molar-refractivity contribution is -0.137. The molecule has 0 aliphatic heterocycles. The molecule has 0 fully saturated rings. The lowest BCUT2D eigenvalue weighted by Gasteiger charge is -2.18. The van der Waals surface area contributed by atoms with E-state index in [4.69, 9.17) is 4.74 Å². The lowest BCUT2D eigenvalue weighted by atomic mass is 10.1. The van der Waals surface area contributed by atoms with Crippen LogP contribution in [-0.4, -0.2) is 5.97 Å². The normalized spacial score (nSPS) is 11.5. The number of aryl methyl sites for hydroxylation is 1. The Morgan fingerprint density at radius 2 is 1.88 bits per heavy atom. The van der Waals surface area contributed by atoms with E-state index in [0.29, 0.717) is 0 Å². The highest BCUT2D eigenvalue weighted by molar-refractivity contribution is 5.77. The van der Waals surface area contributed by atoms with Crippen LogP contribution in [0.4, 0.5) is 28.9 Å². The molecule has 0 heterocycles. The average Bonchev–Trinajstić information content (AvgIpc) is 2.49. The van der Waals surface area contributed by atoms with Crippen molar-refractivity contribution in [1.29, 1.82) is 0 Å². The van der Waals surface area contributed by atoms with Gasteiger partial charge in [-0.3, -0.25) is 4.79 Å². The SMILES string of the molecule is Cc1ccc(Nc2c(F)cccc2C(F)(F)F)c(OC(=O)CC(C)C)c1. The van der Waals surface area contributed by atoms with Crippen LogP contribution in [0.1, 0.15) is 31.4 Å². The second-order valence-electron chi connectivity index (χ2n) is 6.36. The Balaban J connectivity index is 2.41. The molecule has 0 saturated heterocycles. The highest BCUT2D eigenvalue weighted by atomic mass is 19.4. The number of hydrogen-bond acceptors (Lipinski definition) is 3. The maximum atomic E-state index is 14.0. The van der Waals surface area contributed by atoms with E-state index in [0.717, 1.165) is 23.8 Å². The van der Waals surface area contributed by atoms with Gasteiger partial charge in [0.1, 0.15) is 5.82 Å². The van der Waals surface area contributed by atoms with E-state index in [1.807, 2.05) is 13.8 Å². The summed E-state index contributed by atoms with van der Waals surface area (Å²) in [6, 6.07) is 7.27. The van der Waals surface area contributed by atoms with Crippen LogP contribution in [0.5, 0.6) is 5.75 Å². The van der Waals surface area contributed by atoms with Gasteiger partial charge in [0.2, 0.25) is 0 Å². The van der Waals surface area contributed by atoms with Crippen LogP contribution in [0.25, 0.3) is 0 Å². The Kier molecular flexibility index (Phi) is 5.90. The number of nitrogens with one attached hydrogen (secondary N) is 1. The molecule has 7 heteroatoms. The second kappa shape index (κ2) is 7.76. The van der Waals surface area contributed by atoms with Gasteiger partial charge in [-0.05, 0) is 42.7 Å². The highest BCUT2D eigenvalue weighted by Gasteiger charge is 2.35. The van der Waals surface area contributed by atoms with Crippen molar-refractivity contribution in [2.75, 3.05) is 5.32 Å². The number of rotatable bonds is 5. The fraction of sp³-hybridized carbons (Fsp3) is 0.316. The molecule has 2 aromatic carbocycles. The number of esters is 1. The molecule has 0 aliphatic rings. The third-order valence-electron chi connectivity index (χ3n) is 3.51. The Morgan fingerprint density at radius 3 is 2.50 bits per heavy atom. The first kappa shape index (κ1) is 19.8. The van der Waals surface area contributed by atoms with Gasteiger partial charge in [-0.2, -0.15) is 13.2 Å². The maximum absolute atomic E-state index is 14.0. The molecular weight excluding hydrogens is 350 g/mol. The molecule has 0 bridgehead atoms. The minimum absolute atomic E-state index is 0.0482. The molecule has 0 unspecified atom stereocenters. The molecule has 1 N–H and O–H groups in total. The molecule has 140 valence electrons. The molecule has 0 radical (unpaired) electrons. The molecule has 0 aromatic heterocycles. The van der Waals surface area contributed by atoms with Crippen molar-refractivity contribution >= 4 is 17.3 Å². The zero-order valence-electron chi connectivity index (χ0n) is 14.6. The van der Waals surface area contributed by atoms with Crippen molar-refractivity contribution < 1.29 is 27.1 Å². The number of carbonyl (C=O) groups is 1. The van der Waals surface area contributed by atoms with Crippen molar-refractivity contribution in [1.82, 2.24) is 0 Å². The highest BCUT2D eigenvalue weighted by Crippen LogP contribution is 2.39. The number of benzene rings is 2. The van der Waals surface area contributed by atoms with Gasteiger partial charge >= 0.3 is 12.1 Å². The summed E-state index contributed by atoms with van der Waals surface area (Å²) in [6.07, 6.45) is -4.58. The van der Waals surface area contributed by atoms with Crippen molar-refractivity contribution in [2.45, 2.75) is 33.4 Å². The van der Waals surface area contributed by atoms with Gasteiger partial charge in [0.15, 0.2) is 5.75 Å². The van der Waals surface area contributed by atoms with E-state index >= 15 is 0 Å². The minimum atomic E-state index is -4.73. The zero-order valence-corrected chi connectivity index (χ0v) is 14.6. The lowest BCUT2D eigenvalue weighted by Crippen LogP contribution is -2.13. The van der Waals surface area contributed by atoms with Crippen LogP contribution in [0.3, 0.4) is 0 Å². The van der Waals surface area contributed by atoms with E-state index in [9.17, 15) is 22.4 Å². The number of alkyl halides is 3.